The van der Waals surface area contributed by atoms with Crippen molar-refractivity contribution in [1.82, 2.24) is 0 Å². The first kappa shape index (κ1) is 8.57. The van der Waals surface area contributed by atoms with Crippen molar-refractivity contribution in [2.24, 2.45) is 0 Å². The zero-order valence-electron chi connectivity index (χ0n) is 5.08. The lowest BCUT2D eigenvalue weighted by Crippen LogP contribution is -2.22. The van der Waals surface area contributed by atoms with Gasteiger partial charge in [0, 0.05) is 5.75 Å². The first-order chi connectivity index (χ1) is 3.62. The van der Waals surface area contributed by atoms with Crippen LogP contribution in [0.25, 0.3) is 0 Å². The highest BCUT2D eigenvalue weighted by molar-refractivity contribution is 7.98. The third-order valence-electron chi connectivity index (χ3n) is 0.724. The minimum absolute atomic E-state index is 0.0911. The van der Waals surface area contributed by atoms with Gasteiger partial charge in [0.2, 0.25) is 0 Å². The van der Waals surface area contributed by atoms with E-state index in [4.69, 9.17) is 11.6 Å². The molecule has 0 aromatic carbocycles. The van der Waals surface area contributed by atoms with Crippen LogP contribution in [0.3, 0.4) is 0 Å². The summed E-state index contributed by atoms with van der Waals surface area (Å²) in [5, 5.41) is 0. The van der Waals surface area contributed by atoms with Crippen LogP contribution in [-0.2, 0) is 0 Å². The Morgan fingerprint density at radius 1 is 1.75 bits per heavy atom. The van der Waals surface area contributed by atoms with Crippen LogP contribution >= 0.6 is 23.4 Å². The number of hydrogen-bond donors (Lipinski definition) is 0. The molecule has 0 aromatic heterocycles. The summed E-state index contributed by atoms with van der Waals surface area (Å²) in [4.78, 5) is 0. The molecule has 0 aliphatic heterocycles. The van der Waals surface area contributed by atoms with Gasteiger partial charge >= 0.3 is 0 Å². The molecule has 1 atom stereocenters. The average Bonchev–Trinajstić information content (AvgIpc) is 1.67. The predicted octanol–water partition coefficient (Wildman–Crippen LogP) is 2.32. The van der Waals surface area contributed by atoms with Gasteiger partial charge in [0.1, 0.15) is 5.67 Å². The zero-order chi connectivity index (χ0) is 6.62. The van der Waals surface area contributed by atoms with Gasteiger partial charge < -0.3 is 0 Å². The fraction of sp³-hybridized carbons (Fsp3) is 1.00. The fourth-order valence-corrected chi connectivity index (χ4v) is 1.25. The molecule has 0 amide bonds. The highest BCUT2D eigenvalue weighted by atomic mass is 35.5. The van der Waals surface area contributed by atoms with Crippen LogP contribution in [0.2, 0.25) is 0 Å². The average molecular weight is 157 g/mol. The summed E-state index contributed by atoms with van der Waals surface area (Å²) >= 11 is 6.76. The van der Waals surface area contributed by atoms with Crippen LogP contribution in [-0.4, -0.2) is 23.6 Å². The second-order valence-corrected chi connectivity index (χ2v) is 3.11. The van der Waals surface area contributed by atoms with E-state index in [1.165, 1.54) is 18.7 Å². The molecular weight excluding hydrogens is 147 g/mol. The molecule has 50 valence electrons. The molecule has 0 aliphatic rings. The third-order valence-corrected chi connectivity index (χ3v) is 2.17. The van der Waals surface area contributed by atoms with Crippen LogP contribution in [0, 0.1) is 0 Å². The van der Waals surface area contributed by atoms with E-state index < -0.39 is 5.67 Å². The highest BCUT2D eigenvalue weighted by Crippen LogP contribution is 2.16. The van der Waals surface area contributed by atoms with E-state index >= 15 is 0 Å². The number of thioether (sulfide) groups is 1. The Hall–Kier alpha value is 0.570. The molecule has 0 nitrogen and oxygen atoms in total. The molecule has 0 saturated carbocycles. The van der Waals surface area contributed by atoms with Gasteiger partial charge in [-0.3, -0.25) is 0 Å². The van der Waals surface area contributed by atoms with Crippen LogP contribution in [0.1, 0.15) is 6.92 Å². The van der Waals surface area contributed by atoms with E-state index in [-0.39, 0.29) is 5.88 Å². The van der Waals surface area contributed by atoms with Gasteiger partial charge in [0.15, 0.2) is 0 Å². The van der Waals surface area contributed by atoms with Crippen molar-refractivity contribution in [2.75, 3.05) is 17.9 Å². The molecule has 0 saturated heterocycles. The summed E-state index contributed by atoms with van der Waals surface area (Å²) in [5.74, 6) is 0.574. The van der Waals surface area contributed by atoms with Crippen molar-refractivity contribution < 1.29 is 4.39 Å². The normalized spacial score (nSPS) is 18.0. The Kier molecular flexibility index (Phi) is 3.82. The molecular formula is C5H10ClFS. The maximum atomic E-state index is 12.7. The first-order valence-corrected chi connectivity index (χ1v) is 4.29. The summed E-state index contributed by atoms with van der Waals surface area (Å²) in [7, 11) is 0. The van der Waals surface area contributed by atoms with Gasteiger partial charge in [0.05, 0.1) is 5.88 Å². The van der Waals surface area contributed by atoms with Gasteiger partial charge in [-0.25, -0.2) is 4.39 Å². The number of hydrogen-bond acceptors (Lipinski definition) is 1. The highest BCUT2D eigenvalue weighted by Gasteiger charge is 2.19. The Morgan fingerprint density at radius 2 is 2.25 bits per heavy atom. The zero-order valence-corrected chi connectivity index (χ0v) is 6.65. The van der Waals surface area contributed by atoms with Crippen LogP contribution in [0.15, 0.2) is 0 Å². The van der Waals surface area contributed by atoms with Gasteiger partial charge in [-0.1, -0.05) is 0 Å². The second-order valence-electron chi connectivity index (χ2n) is 1.98. The summed E-state index contributed by atoms with van der Waals surface area (Å²) in [5.41, 5.74) is -1.18. The molecule has 1 unspecified atom stereocenters. The quantitative estimate of drug-likeness (QED) is 0.566. The van der Waals surface area contributed by atoms with E-state index in [9.17, 15) is 4.39 Å². The molecule has 0 heterocycles. The summed E-state index contributed by atoms with van der Waals surface area (Å²) < 4.78 is 12.7. The molecule has 3 heteroatoms. The van der Waals surface area contributed by atoms with E-state index in [0.29, 0.717) is 5.75 Å². The van der Waals surface area contributed by atoms with Gasteiger partial charge in [-0.2, -0.15) is 11.8 Å². The maximum absolute atomic E-state index is 12.7. The molecule has 0 radical (unpaired) electrons. The largest absolute Gasteiger partial charge is 0.242 e. The van der Waals surface area contributed by atoms with E-state index in [0.717, 1.165) is 0 Å². The molecule has 0 aliphatic carbocycles. The van der Waals surface area contributed by atoms with Gasteiger partial charge in [0.25, 0.3) is 0 Å². The monoisotopic (exact) mass is 156 g/mol. The topological polar surface area (TPSA) is 0 Å². The third kappa shape index (κ3) is 3.56. The molecule has 0 bridgehead atoms. The van der Waals surface area contributed by atoms with E-state index in [2.05, 4.69) is 0 Å². The summed E-state index contributed by atoms with van der Waals surface area (Å²) in [6, 6.07) is 0. The maximum Gasteiger partial charge on any atom is 0.130 e. The smallest absolute Gasteiger partial charge is 0.130 e. The Bertz CT molecular complexity index is 65.4. The number of alkyl halides is 2. The molecule has 0 N–H and O–H groups in total. The summed E-state index contributed by atoms with van der Waals surface area (Å²) in [6.07, 6.45) is 1.87. The van der Waals surface area contributed by atoms with Crippen molar-refractivity contribution in [3.05, 3.63) is 0 Å². The SMILES string of the molecule is CSCC(C)(F)CCl. The lowest BCUT2D eigenvalue weighted by atomic mass is 10.2. The molecule has 0 spiro atoms. The van der Waals surface area contributed by atoms with Crippen molar-refractivity contribution >= 4 is 23.4 Å². The molecule has 0 aromatic rings. The number of rotatable bonds is 3. The van der Waals surface area contributed by atoms with Crippen molar-refractivity contribution in [3.8, 4) is 0 Å². The lowest BCUT2D eigenvalue weighted by molar-refractivity contribution is 0.257. The minimum Gasteiger partial charge on any atom is -0.242 e. The number of halogens is 2. The van der Waals surface area contributed by atoms with Crippen molar-refractivity contribution in [1.29, 1.82) is 0 Å². The molecule has 0 fully saturated rings. The van der Waals surface area contributed by atoms with Crippen molar-refractivity contribution in [3.63, 3.8) is 0 Å². The van der Waals surface area contributed by atoms with Gasteiger partial charge in [-0.15, -0.1) is 11.6 Å². The predicted molar refractivity (Wildman–Crippen MR) is 38.6 cm³/mol. The van der Waals surface area contributed by atoms with E-state index in [1.807, 2.05) is 6.26 Å². The minimum atomic E-state index is -1.18. The lowest BCUT2D eigenvalue weighted by Gasteiger charge is -2.13. The Labute approximate surface area is 58.8 Å². The van der Waals surface area contributed by atoms with Crippen LogP contribution in [0.5, 0.6) is 0 Å². The fourth-order valence-electron chi connectivity index (χ4n) is 0.340. The molecule has 0 rings (SSSR count). The first-order valence-electron chi connectivity index (χ1n) is 2.36. The van der Waals surface area contributed by atoms with E-state index in [1.54, 1.807) is 0 Å². The Morgan fingerprint density at radius 3 is 2.38 bits per heavy atom. The second kappa shape index (κ2) is 3.57. The van der Waals surface area contributed by atoms with Gasteiger partial charge in [-0.05, 0) is 13.2 Å². The standard InChI is InChI=1S/C5H10ClFS/c1-5(7,3-6)4-8-2/h3-4H2,1-2H3. The van der Waals surface area contributed by atoms with Crippen molar-refractivity contribution in [2.45, 2.75) is 12.6 Å². The Balaban J connectivity index is 3.37. The van der Waals surface area contributed by atoms with Crippen LogP contribution in [0.4, 0.5) is 4.39 Å². The summed E-state index contributed by atoms with van der Waals surface area (Å²) in [6.45, 7) is 1.51. The van der Waals surface area contributed by atoms with Crippen LogP contribution < -0.4 is 0 Å². The molecule has 8 heavy (non-hydrogen) atoms.